The molecule has 2 rings (SSSR count). The van der Waals surface area contributed by atoms with Crippen LogP contribution in [0, 0.1) is 0 Å². The summed E-state index contributed by atoms with van der Waals surface area (Å²) >= 11 is 0. The third-order valence-electron chi connectivity index (χ3n) is 3.67. The van der Waals surface area contributed by atoms with E-state index in [0.29, 0.717) is 12.8 Å². The summed E-state index contributed by atoms with van der Waals surface area (Å²) in [5.41, 5.74) is 2.03. The van der Waals surface area contributed by atoms with E-state index in [0.717, 1.165) is 11.4 Å². The lowest BCUT2D eigenvalue weighted by atomic mass is 9.84. The summed E-state index contributed by atoms with van der Waals surface area (Å²) in [6, 6.07) is 5.99. The Morgan fingerprint density at radius 3 is 2.33 bits per heavy atom. The molecule has 0 bridgehead atoms. The van der Waals surface area contributed by atoms with Gasteiger partial charge in [0.05, 0.1) is 0 Å². The number of hydrogen-bond donors (Lipinski definition) is 0. The van der Waals surface area contributed by atoms with Crippen LogP contribution in [0.4, 0.5) is 8.78 Å². The van der Waals surface area contributed by atoms with Crippen LogP contribution in [0.25, 0.3) is 0 Å². The van der Waals surface area contributed by atoms with Gasteiger partial charge in [-0.1, -0.05) is 26.8 Å². The average molecular weight is 253 g/mol. The molecule has 0 atom stereocenters. The van der Waals surface area contributed by atoms with E-state index in [2.05, 4.69) is 25.8 Å². The van der Waals surface area contributed by atoms with Gasteiger partial charge in [0.25, 0.3) is 0 Å². The molecule has 0 unspecified atom stereocenters. The van der Waals surface area contributed by atoms with Crippen molar-refractivity contribution in [2.45, 2.75) is 63.7 Å². The molecule has 1 aliphatic rings. The number of halogens is 2. The second kappa shape index (κ2) is 4.60. The first-order valence-electron chi connectivity index (χ1n) is 6.63. The summed E-state index contributed by atoms with van der Waals surface area (Å²) < 4.78 is 26.3. The summed E-state index contributed by atoms with van der Waals surface area (Å²) in [7, 11) is 0. The first-order valence-corrected chi connectivity index (χ1v) is 6.63. The smallest absolute Gasteiger partial charge is 0.248 e. The van der Waals surface area contributed by atoms with Gasteiger partial charge in [-0.15, -0.1) is 0 Å². The standard InChI is InChI=1S/C15H21F2N/c1-14(2,3)13-6-4-5-12(18-13)11-7-9-15(16,17)10-8-11/h4-6,11H,7-10H2,1-3H3. The number of rotatable bonds is 1. The zero-order valence-electron chi connectivity index (χ0n) is 11.3. The molecule has 1 aromatic heterocycles. The van der Waals surface area contributed by atoms with Gasteiger partial charge in [0, 0.05) is 35.6 Å². The minimum atomic E-state index is -2.46. The quantitative estimate of drug-likeness (QED) is 0.708. The fraction of sp³-hybridized carbons (Fsp3) is 0.667. The molecule has 0 aliphatic heterocycles. The highest BCUT2D eigenvalue weighted by atomic mass is 19.3. The van der Waals surface area contributed by atoms with E-state index >= 15 is 0 Å². The minimum absolute atomic E-state index is 0.000901. The molecule has 1 aliphatic carbocycles. The Morgan fingerprint density at radius 2 is 1.78 bits per heavy atom. The lowest BCUT2D eigenvalue weighted by molar-refractivity contribution is -0.0385. The van der Waals surface area contributed by atoms with Gasteiger partial charge in [-0.3, -0.25) is 4.98 Å². The van der Waals surface area contributed by atoms with Crippen molar-refractivity contribution in [2.24, 2.45) is 0 Å². The Morgan fingerprint density at radius 1 is 1.17 bits per heavy atom. The zero-order chi connectivity index (χ0) is 13.4. The number of aromatic nitrogens is 1. The predicted octanol–water partition coefficient (Wildman–Crippen LogP) is 4.67. The summed E-state index contributed by atoms with van der Waals surface area (Å²) in [4.78, 5) is 4.67. The van der Waals surface area contributed by atoms with Crippen LogP contribution in [-0.2, 0) is 5.41 Å². The van der Waals surface area contributed by atoms with Crippen LogP contribution < -0.4 is 0 Å². The fourth-order valence-corrected chi connectivity index (χ4v) is 2.43. The molecular weight excluding hydrogens is 232 g/mol. The molecule has 1 saturated carbocycles. The second-order valence-electron chi connectivity index (χ2n) is 6.33. The van der Waals surface area contributed by atoms with Gasteiger partial charge in [-0.25, -0.2) is 8.78 Å². The summed E-state index contributed by atoms with van der Waals surface area (Å²) in [5, 5.41) is 0. The van der Waals surface area contributed by atoms with Crippen LogP contribution in [0.5, 0.6) is 0 Å². The number of alkyl halides is 2. The number of nitrogens with zero attached hydrogens (tertiary/aromatic N) is 1. The van der Waals surface area contributed by atoms with Crippen LogP contribution in [0.15, 0.2) is 18.2 Å². The van der Waals surface area contributed by atoms with Crippen molar-refractivity contribution < 1.29 is 8.78 Å². The molecule has 0 spiro atoms. The van der Waals surface area contributed by atoms with Crippen molar-refractivity contribution in [1.82, 2.24) is 4.98 Å². The molecule has 0 saturated heterocycles. The molecule has 18 heavy (non-hydrogen) atoms. The summed E-state index contributed by atoms with van der Waals surface area (Å²) in [6.45, 7) is 6.36. The second-order valence-corrected chi connectivity index (χ2v) is 6.33. The molecule has 1 nitrogen and oxygen atoms in total. The maximum atomic E-state index is 13.1. The van der Waals surface area contributed by atoms with Crippen molar-refractivity contribution in [2.75, 3.05) is 0 Å². The van der Waals surface area contributed by atoms with E-state index in [1.807, 2.05) is 18.2 Å². The molecule has 0 amide bonds. The van der Waals surface area contributed by atoms with Crippen LogP contribution in [0.1, 0.15) is 63.8 Å². The lowest BCUT2D eigenvalue weighted by Crippen LogP contribution is -2.24. The molecular formula is C15H21F2N. The van der Waals surface area contributed by atoms with Crippen LogP contribution in [0.2, 0.25) is 0 Å². The Labute approximate surface area is 108 Å². The van der Waals surface area contributed by atoms with Crippen LogP contribution in [-0.4, -0.2) is 10.9 Å². The molecule has 0 aromatic carbocycles. The van der Waals surface area contributed by atoms with Gasteiger partial charge in [0.2, 0.25) is 5.92 Å². The van der Waals surface area contributed by atoms with Crippen LogP contribution in [0.3, 0.4) is 0 Å². The van der Waals surface area contributed by atoms with Gasteiger partial charge in [0.1, 0.15) is 0 Å². The van der Waals surface area contributed by atoms with Crippen molar-refractivity contribution in [3.8, 4) is 0 Å². The SMILES string of the molecule is CC(C)(C)c1cccc(C2CCC(F)(F)CC2)n1. The Balaban J connectivity index is 2.15. The third kappa shape index (κ3) is 3.06. The molecule has 1 aromatic rings. The summed E-state index contributed by atoms with van der Waals surface area (Å²) in [5.74, 6) is -2.26. The number of hydrogen-bond acceptors (Lipinski definition) is 1. The molecule has 1 fully saturated rings. The molecule has 3 heteroatoms. The van der Waals surface area contributed by atoms with Gasteiger partial charge in [0.15, 0.2) is 0 Å². The average Bonchev–Trinajstić information content (AvgIpc) is 2.28. The van der Waals surface area contributed by atoms with Crippen molar-refractivity contribution in [3.05, 3.63) is 29.6 Å². The monoisotopic (exact) mass is 253 g/mol. The van der Waals surface area contributed by atoms with Gasteiger partial charge >= 0.3 is 0 Å². The molecule has 0 N–H and O–H groups in total. The highest BCUT2D eigenvalue weighted by Crippen LogP contribution is 2.40. The zero-order valence-corrected chi connectivity index (χ0v) is 11.3. The molecule has 1 heterocycles. The van der Waals surface area contributed by atoms with Crippen molar-refractivity contribution >= 4 is 0 Å². The van der Waals surface area contributed by atoms with E-state index in [1.165, 1.54) is 0 Å². The maximum absolute atomic E-state index is 13.1. The largest absolute Gasteiger partial charge is 0.257 e. The van der Waals surface area contributed by atoms with Crippen LogP contribution >= 0.6 is 0 Å². The Bertz CT molecular complexity index is 411. The normalized spacial score (nSPS) is 20.9. The molecule has 0 radical (unpaired) electrons. The van der Waals surface area contributed by atoms with Gasteiger partial charge < -0.3 is 0 Å². The third-order valence-corrected chi connectivity index (χ3v) is 3.67. The van der Waals surface area contributed by atoms with Crippen molar-refractivity contribution in [3.63, 3.8) is 0 Å². The topological polar surface area (TPSA) is 12.9 Å². The fourth-order valence-electron chi connectivity index (χ4n) is 2.43. The predicted molar refractivity (Wildman–Crippen MR) is 69.1 cm³/mol. The van der Waals surface area contributed by atoms with E-state index in [4.69, 9.17) is 0 Å². The van der Waals surface area contributed by atoms with E-state index in [9.17, 15) is 8.78 Å². The highest BCUT2D eigenvalue weighted by Gasteiger charge is 2.35. The van der Waals surface area contributed by atoms with Crippen molar-refractivity contribution in [1.29, 1.82) is 0 Å². The lowest BCUT2D eigenvalue weighted by Gasteiger charge is -2.28. The maximum Gasteiger partial charge on any atom is 0.248 e. The first kappa shape index (κ1) is 13.4. The minimum Gasteiger partial charge on any atom is -0.257 e. The van der Waals surface area contributed by atoms with Gasteiger partial charge in [-0.2, -0.15) is 0 Å². The van der Waals surface area contributed by atoms with E-state index < -0.39 is 5.92 Å². The summed E-state index contributed by atoms with van der Waals surface area (Å²) in [6.07, 6.45) is 1.10. The Hall–Kier alpha value is -0.990. The van der Waals surface area contributed by atoms with Gasteiger partial charge in [-0.05, 0) is 25.0 Å². The number of pyridine rings is 1. The highest BCUT2D eigenvalue weighted by molar-refractivity contribution is 5.20. The Kier molecular flexibility index (Phi) is 3.43. The first-order chi connectivity index (χ1) is 8.28. The van der Waals surface area contributed by atoms with E-state index in [-0.39, 0.29) is 24.2 Å². The molecule has 100 valence electrons. The van der Waals surface area contributed by atoms with E-state index in [1.54, 1.807) is 0 Å².